The summed E-state index contributed by atoms with van der Waals surface area (Å²) in [5, 5.41) is 5.95. The highest BCUT2D eigenvalue weighted by molar-refractivity contribution is 7.91. The normalized spacial score (nSPS) is 26.3. The van der Waals surface area contributed by atoms with E-state index in [4.69, 9.17) is 9.47 Å². The summed E-state index contributed by atoms with van der Waals surface area (Å²) in [5.74, 6) is -0.865. The molecule has 4 rings (SSSR count). The van der Waals surface area contributed by atoms with Crippen molar-refractivity contribution in [2.24, 2.45) is 0 Å². The van der Waals surface area contributed by atoms with Crippen LogP contribution in [-0.2, 0) is 42.0 Å². The van der Waals surface area contributed by atoms with Crippen molar-refractivity contribution < 1.29 is 31.1 Å². The predicted molar refractivity (Wildman–Crippen MR) is 130 cm³/mol. The van der Waals surface area contributed by atoms with Crippen molar-refractivity contribution in [3.63, 3.8) is 0 Å². The molecule has 2 aromatic carbocycles. The molecule has 4 atom stereocenters. The molecule has 190 valence electrons. The van der Waals surface area contributed by atoms with Crippen LogP contribution in [0.15, 0.2) is 58.3 Å². The number of fused-ring (bicyclic) bond motifs is 1. The minimum Gasteiger partial charge on any atom is -0.342 e. The minimum atomic E-state index is -3.30. The van der Waals surface area contributed by atoms with Crippen LogP contribution >= 0.6 is 0 Å². The highest BCUT2D eigenvalue weighted by Crippen LogP contribution is 2.35. The van der Waals surface area contributed by atoms with E-state index in [-0.39, 0.29) is 15.8 Å². The number of ether oxygens (including phenoxy) is 2. The third kappa shape index (κ3) is 6.03. The zero-order valence-corrected chi connectivity index (χ0v) is 21.6. The van der Waals surface area contributed by atoms with Crippen molar-refractivity contribution in [3.8, 4) is 0 Å². The Labute approximate surface area is 206 Å². The number of hydrogen-bond acceptors (Lipinski definition) is 7. The summed E-state index contributed by atoms with van der Waals surface area (Å²) in [5.41, 5.74) is 1.70. The van der Waals surface area contributed by atoms with Crippen molar-refractivity contribution in [3.05, 3.63) is 59.7 Å². The second kappa shape index (κ2) is 9.20. The van der Waals surface area contributed by atoms with Gasteiger partial charge in [0.2, 0.25) is 0 Å². The van der Waals surface area contributed by atoms with Gasteiger partial charge in [-0.1, -0.05) is 24.3 Å². The van der Waals surface area contributed by atoms with Crippen molar-refractivity contribution in [2.75, 3.05) is 12.5 Å². The predicted octanol–water partition coefficient (Wildman–Crippen LogP) is 1.85. The van der Waals surface area contributed by atoms with Gasteiger partial charge in [0.05, 0.1) is 21.9 Å². The number of urea groups is 1. The molecule has 2 saturated heterocycles. The first-order chi connectivity index (χ1) is 16.2. The molecule has 2 heterocycles. The van der Waals surface area contributed by atoms with Gasteiger partial charge in [-0.2, -0.15) is 0 Å². The molecule has 2 amide bonds. The van der Waals surface area contributed by atoms with Crippen molar-refractivity contribution in [1.82, 2.24) is 10.6 Å². The van der Waals surface area contributed by atoms with E-state index in [1.807, 2.05) is 13.8 Å². The van der Waals surface area contributed by atoms with E-state index in [1.54, 1.807) is 48.5 Å². The average Bonchev–Trinajstić information content (AvgIpc) is 3.02. The third-order valence-corrected chi connectivity index (χ3v) is 8.46. The van der Waals surface area contributed by atoms with Gasteiger partial charge < -0.3 is 20.1 Å². The molecule has 35 heavy (non-hydrogen) atoms. The molecular formula is C24H30N2O7S2. The summed E-state index contributed by atoms with van der Waals surface area (Å²) in [6.45, 7) is 3.64. The second-order valence-electron chi connectivity index (χ2n) is 9.64. The zero-order chi connectivity index (χ0) is 25.6. The summed E-state index contributed by atoms with van der Waals surface area (Å²) in [4.78, 5) is 13.2. The number of carbonyl (C=O) groups is 1. The number of hydrogen-bond donors (Lipinski definition) is 2. The Morgan fingerprint density at radius 3 is 1.37 bits per heavy atom. The van der Waals surface area contributed by atoms with Crippen LogP contribution in [0.25, 0.3) is 0 Å². The van der Waals surface area contributed by atoms with Crippen LogP contribution in [0, 0.1) is 0 Å². The minimum absolute atomic E-state index is 0.231. The first-order valence-electron chi connectivity index (χ1n) is 11.2. The summed E-state index contributed by atoms with van der Waals surface area (Å²) in [6, 6.07) is 12.0. The Balaban J connectivity index is 1.57. The van der Waals surface area contributed by atoms with Crippen molar-refractivity contribution in [1.29, 1.82) is 0 Å². The molecule has 2 aromatic rings. The maximum absolute atomic E-state index is 12.8. The molecule has 2 aliphatic heterocycles. The van der Waals surface area contributed by atoms with Gasteiger partial charge in [-0.05, 0) is 62.1 Å². The molecule has 0 aromatic heterocycles. The SMILES string of the molecule is CC1(C)O[C@@H]2[C@@H](O1)[C@@H](Cc1ccc(S(C)(=O)=O)cc1)NC(=O)N[C@@H]2Cc1ccc(S(C)(=O)=O)cc1. The molecule has 11 heteroatoms. The van der Waals surface area contributed by atoms with Crippen molar-refractivity contribution >= 4 is 25.7 Å². The molecule has 2 N–H and O–H groups in total. The van der Waals surface area contributed by atoms with Gasteiger partial charge in [0.15, 0.2) is 25.5 Å². The highest BCUT2D eigenvalue weighted by atomic mass is 32.2. The quantitative estimate of drug-likeness (QED) is 0.593. The monoisotopic (exact) mass is 522 g/mol. The zero-order valence-electron chi connectivity index (χ0n) is 20.0. The Bertz CT molecular complexity index is 1210. The summed E-state index contributed by atoms with van der Waals surface area (Å²) >= 11 is 0. The van der Waals surface area contributed by atoms with E-state index in [1.165, 1.54) is 0 Å². The van der Waals surface area contributed by atoms with Crippen molar-refractivity contribution in [2.45, 2.75) is 66.6 Å². The van der Waals surface area contributed by atoms with E-state index in [0.717, 1.165) is 23.6 Å². The molecule has 0 aliphatic carbocycles. The van der Waals surface area contributed by atoms with Crippen LogP contribution in [0.5, 0.6) is 0 Å². The number of nitrogens with one attached hydrogen (secondary N) is 2. The number of sulfone groups is 2. The second-order valence-corrected chi connectivity index (χ2v) is 13.7. The molecule has 0 bridgehead atoms. The van der Waals surface area contributed by atoms with Gasteiger partial charge in [0.1, 0.15) is 12.2 Å². The fraction of sp³-hybridized carbons (Fsp3) is 0.458. The fourth-order valence-electron chi connectivity index (χ4n) is 4.57. The standard InChI is InChI=1S/C24H30N2O7S2/c1-24(2)32-21-19(13-15-5-9-17(10-6-15)34(3,28)29)25-23(27)26-20(22(21)33-24)14-16-7-11-18(12-8-16)35(4,30)31/h5-12,19-22H,13-14H2,1-4H3,(H2,25,26,27)/t19-,20-,21+,22+/m1/s1. The summed E-state index contributed by atoms with van der Waals surface area (Å²) in [7, 11) is -6.61. The van der Waals surface area contributed by atoms with Crippen LogP contribution in [0.3, 0.4) is 0 Å². The third-order valence-electron chi connectivity index (χ3n) is 6.20. The van der Waals surface area contributed by atoms with Gasteiger partial charge >= 0.3 is 6.03 Å². The lowest BCUT2D eigenvalue weighted by Gasteiger charge is -2.26. The fourth-order valence-corrected chi connectivity index (χ4v) is 5.83. The van der Waals surface area contributed by atoms with Gasteiger partial charge in [0, 0.05) is 12.5 Å². The number of carbonyl (C=O) groups excluding carboxylic acids is 1. The first-order valence-corrected chi connectivity index (χ1v) is 15.0. The molecule has 2 aliphatic rings. The topological polar surface area (TPSA) is 128 Å². The maximum Gasteiger partial charge on any atom is 0.315 e. The van der Waals surface area contributed by atoms with E-state index in [9.17, 15) is 21.6 Å². The summed E-state index contributed by atoms with van der Waals surface area (Å²) < 4.78 is 59.5. The average molecular weight is 523 g/mol. The summed E-state index contributed by atoms with van der Waals surface area (Å²) in [6.07, 6.45) is 2.24. The number of rotatable bonds is 6. The highest BCUT2D eigenvalue weighted by Gasteiger charge is 2.50. The van der Waals surface area contributed by atoms with Crippen LogP contribution in [0.2, 0.25) is 0 Å². The Morgan fingerprint density at radius 1 is 0.714 bits per heavy atom. The largest absolute Gasteiger partial charge is 0.342 e. The molecule has 9 nitrogen and oxygen atoms in total. The smallest absolute Gasteiger partial charge is 0.315 e. The lowest BCUT2D eigenvalue weighted by atomic mass is 9.92. The molecule has 2 fully saturated rings. The van der Waals surface area contributed by atoms with Gasteiger partial charge in [0.25, 0.3) is 0 Å². The van der Waals surface area contributed by atoms with Crippen LogP contribution < -0.4 is 10.6 Å². The van der Waals surface area contributed by atoms with Gasteiger partial charge in [-0.15, -0.1) is 0 Å². The Kier molecular flexibility index (Phi) is 6.73. The van der Waals surface area contributed by atoms with E-state index in [2.05, 4.69) is 10.6 Å². The van der Waals surface area contributed by atoms with E-state index in [0.29, 0.717) is 12.8 Å². The first kappa shape index (κ1) is 25.6. The van der Waals surface area contributed by atoms with E-state index < -0.39 is 49.8 Å². The number of amides is 2. The molecule has 0 radical (unpaired) electrons. The molecule has 0 spiro atoms. The van der Waals surface area contributed by atoms with Crippen LogP contribution in [0.1, 0.15) is 25.0 Å². The molecular weight excluding hydrogens is 492 g/mol. The molecule has 0 unspecified atom stereocenters. The van der Waals surface area contributed by atoms with Crippen LogP contribution in [0.4, 0.5) is 4.79 Å². The maximum atomic E-state index is 12.8. The van der Waals surface area contributed by atoms with Crippen LogP contribution in [-0.4, -0.2) is 65.5 Å². The Hall–Kier alpha value is -2.47. The number of benzene rings is 2. The van der Waals surface area contributed by atoms with Gasteiger partial charge in [-0.25, -0.2) is 21.6 Å². The van der Waals surface area contributed by atoms with E-state index >= 15 is 0 Å². The lowest BCUT2D eigenvalue weighted by Crippen LogP contribution is -2.47. The lowest BCUT2D eigenvalue weighted by molar-refractivity contribution is -0.150. The Morgan fingerprint density at radius 2 is 1.06 bits per heavy atom. The van der Waals surface area contributed by atoms with Gasteiger partial charge in [-0.3, -0.25) is 0 Å². The molecule has 0 saturated carbocycles.